The smallest absolute Gasteiger partial charge is 0.109 e. The standard InChI is InChI=1S/C9H17N3O/c1-8(13-2)7-12-6-5-11-9(12)3-4-10/h5-6,8H,3-4,7,10H2,1-2H3. The Balaban J connectivity index is 2.59. The number of imidazole rings is 1. The zero-order valence-corrected chi connectivity index (χ0v) is 8.23. The number of rotatable bonds is 5. The minimum Gasteiger partial charge on any atom is -0.380 e. The van der Waals surface area contributed by atoms with Crippen LogP contribution in [0.1, 0.15) is 12.7 Å². The Morgan fingerprint density at radius 2 is 2.46 bits per heavy atom. The Hall–Kier alpha value is -0.870. The minimum absolute atomic E-state index is 0.214. The molecule has 0 radical (unpaired) electrons. The molecule has 13 heavy (non-hydrogen) atoms. The van der Waals surface area contributed by atoms with E-state index >= 15 is 0 Å². The van der Waals surface area contributed by atoms with Gasteiger partial charge < -0.3 is 15.0 Å². The molecule has 1 atom stereocenters. The number of nitrogens with zero attached hydrogens (tertiary/aromatic N) is 2. The van der Waals surface area contributed by atoms with Crippen LogP contribution in [0.15, 0.2) is 12.4 Å². The first-order valence-electron chi connectivity index (χ1n) is 4.50. The molecule has 4 nitrogen and oxygen atoms in total. The van der Waals surface area contributed by atoms with Crippen molar-refractivity contribution in [1.29, 1.82) is 0 Å². The molecule has 0 amide bonds. The number of aromatic nitrogens is 2. The Bertz CT molecular complexity index is 247. The maximum absolute atomic E-state index is 5.47. The zero-order chi connectivity index (χ0) is 9.68. The molecule has 0 saturated heterocycles. The molecule has 4 heteroatoms. The van der Waals surface area contributed by atoms with Crippen LogP contribution in [0.25, 0.3) is 0 Å². The molecule has 1 aromatic rings. The first-order valence-corrected chi connectivity index (χ1v) is 4.50. The lowest BCUT2D eigenvalue weighted by atomic mass is 10.3. The summed E-state index contributed by atoms with van der Waals surface area (Å²) in [4.78, 5) is 4.22. The second-order valence-corrected chi connectivity index (χ2v) is 3.08. The average Bonchev–Trinajstić information content (AvgIpc) is 2.54. The summed E-state index contributed by atoms with van der Waals surface area (Å²) in [6.07, 6.45) is 4.79. The van der Waals surface area contributed by atoms with Gasteiger partial charge in [-0.15, -0.1) is 0 Å². The van der Waals surface area contributed by atoms with Crippen molar-refractivity contribution in [3.63, 3.8) is 0 Å². The number of hydrogen-bond donors (Lipinski definition) is 1. The van der Waals surface area contributed by atoms with E-state index in [9.17, 15) is 0 Å². The molecule has 1 heterocycles. The van der Waals surface area contributed by atoms with E-state index < -0.39 is 0 Å². The fraction of sp³-hybridized carbons (Fsp3) is 0.667. The first kappa shape index (κ1) is 10.2. The lowest BCUT2D eigenvalue weighted by molar-refractivity contribution is 0.102. The third-order valence-electron chi connectivity index (χ3n) is 2.03. The largest absolute Gasteiger partial charge is 0.380 e. The fourth-order valence-electron chi connectivity index (χ4n) is 1.22. The highest BCUT2D eigenvalue weighted by atomic mass is 16.5. The van der Waals surface area contributed by atoms with Gasteiger partial charge in [-0.25, -0.2) is 4.98 Å². The molecule has 0 aliphatic rings. The van der Waals surface area contributed by atoms with Gasteiger partial charge in [-0.1, -0.05) is 0 Å². The van der Waals surface area contributed by atoms with Crippen molar-refractivity contribution < 1.29 is 4.74 Å². The highest BCUT2D eigenvalue weighted by Crippen LogP contribution is 2.01. The molecule has 0 aliphatic carbocycles. The summed E-state index contributed by atoms with van der Waals surface area (Å²) < 4.78 is 7.26. The van der Waals surface area contributed by atoms with Crippen LogP contribution in [0, 0.1) is 0 Å². The summed E-state index contributed by atoms with van der Waals surface area (Å²) in [6.45, 7) is 3.51. The van der Waals surface area contributed by atoms with Crippen molar-refractivity contribution in [2.75, 3.05) is 13.7 Å². The molecule has 0 aliphatic heterocycles. The molecular weight excluding hydrogens is 166 g/mol. The van der Waals surface area contributed by atoms with Crippen molar-refractivity contribution in [2.45, 2.75) is 26.0 Å². The Morgan fingerprint density at radius 1 is 1.69 bits per heavy atom. The lowest BCUT2D eigenvalue weighted by Gasteiger charge is -2.12. The van der Waals surface area contributed by atoms with Crippen molar-refractivity contribution in [2.24, 2.45) is 5.73 Å². The zero-order valence-electron chi connectivity index (χ0n) is 8.23. The van der Waals surface area contributed by atoms with Gasteiger partial charge >= 0.3 is 0 Å². The van der Waals surface area contributed by atoms with Crippen LogP contribution in [0.5, 0.6) is 0 Å². The van der Waals surface area contributed by atoms with E-state index in [0.29, 0.717) is 6.54 Å². The lowest BCUT2D eigenvalue weighted by Crippen LogP contribution is -2.17. The maximum Gasteiger partial charge on any atom is 0.109 e. The minimum atomic E-state index is 0.214. The van der Waals surface area contributed by atoms with E-state index in [4.69, 9.17) is 10.5 Å². The molecule has 0 saturated carbocycles. The molecule has 1 unspecified atom stereocenters. The van der Waals surface area contributed by atoms with Crippen molar-refractivity contribution in [1.82, 2.24) is 9.55 Å². The van der Waals surface area contributed by atoms with Crippen LogP contribution >= 0.6 is 0 Å². The molecule has 74 valence electrons. The SMILES string of the molecule is COC(C)Cn1ccnc1CCN. The van der Waals surface area contributed by atoms with Gasteiger partial charge in [0.25, 0.3) is 0 Å². The number of nitrogens with two attached hydrogens (primary N) is 1. The molecule has 1 aromatic heterocycles. The summed E-state index contributed by atoms with van der Waals surface area (Å²) in [6, 6.07) is 0. The monoisotopic (exact) mass is 183 g/mol. The molecule has 0 aromatic carbocycles. The first-order chi connectivity index (χ1) is 6.27. The number of hydrogen-bond acceptors (Lipinski definition) is 3. The van der Waals surface area contributed by atoms with E-state index in [1.54, 1.807) is 13.3 Å². The van der Waals surface area contributed by atoms with Crippen LogP contribution in [0.4, 0.5) is 0 Å². The normalized spacial score (nSPS) is 13.2. The van der Waals surface area contributed by atoms with E-state index in [0.717, 1.165) is 18.8 Å². The molecule has 0 spiro atoms. The second kappa shape index (κ2) is 4.99. The van der Waals surface area contributed by atoms with E-state index in [-0.39, 0.29) is 6.10 Å². The van der Waals surface area contributed by atoms with Gasteiger partial charge in [0.05, 0.1) is 6.10 Å². The quantitative estimate of drug-likeness (QED) is 0.719. The van der Waals surface area contributed by atoms with E-state index in [1.807, 2.05) is 13.1 Å². The van der Waals surface area contributed by atoms with Crippen LogP contribution in [0.2, 0.25) is 0 Å². The van der Waals surface area contributed by atoms with Gasteiger partial charge in [0, 0.05) is 32.5 Å². The highest BCUT2D eigenvalue weighted by molar-refractivity contribution is 4.93. The van der Waals surface area contributed by atoms with Gasteiger partial charge in [-0.05, 0) is 13.5 Å². The third kappa shape index (κ3) is 2.82. The topological polar surface area (TPSA) is 53.1 Å². The number of methoxy groups -OCH3 is 1. The van der Waals surface area contributed by atoms with Crippen LogP contribution in [0.3, 0.4) is 0 Å². The summed E-state index contributed by atoms with van der Waals surface area (Å²) in [5, 5.41) is 0. The summed E-state index contributed by atoms with van der Waals surface area (Å²) >= 11 is 0. The molecule has 0 fully saturated rings. The predicted molar refractivity (Wildman–Crippen MR) is 51.5 cm³/mol. The van der Waals surface area contributed by atoms with Gasteiger partial charge in [-0.3, -0.25) is 0 Å². The highest BCUT2D eigenvalue weighted by Gasteiger charge is 2.05. The van der Waals surface area contributed by atoms with Crippen molar-refractivity contribution >= 4 is 0 Å². The van der Waals surface area contributed by atoms with E-state index in [1.165, 1.54) is 0 Å². The average molecular weight is 183 g/mol. The summed E-state index contributed by atoms with van der Waals surface area (Å²) in [7, 11) is 1.71. The maximum atomic E-state index is 5.47. The summed E-state index contributed by atoms with van der Waals surface area (Å²) in [5.74, 6) is 1.03. The van der Waals surface area contributed by atoms with Gasteiger partial charge in [-0.2, -0.15) is 0 Å². The number of ether oxygens (including phenoxy) is 1. The van der Waals surface area contributed by atoms with Gasteiger partial charge in [0.1, 0.15) is 5.82 Å². The fourth-order valence-corrected chi connectivity index (χ4v) is 1.22. The van der Waals surface area contributed by atoms with Crippen LogP contribution in [-0.2, 0) is 17.7 Å². The molecule has 2 N–H and O–H groups in total. The predicted octanol–water partition coefficient (Wildman–Crippen LogP) is 0.419. The molecule has 1 rings (SSSR count). The Morgan fingerprint density at radius 3 is 3.08 bits per heavy atom. The molecule has 0 bridgehead atoms. The van der Waals surface area contributed by atoms with Gasteiger partial charge in [0.15, 0.2) is 0 Å². The van der Waals surface area contributed by atoms with Gasteiger partial charge in [0.2, 0.25) is 0 Å². The Kier molecular flexibility index (Phi) is 3.92. The third-order valence-corrected chi connectivity index (χ3v) is 2.03. The summed E-state index contributed by atoms with van der Waals surface area (Å²) in [5.41, 5.74) is 5.47. The Labute approximate surface area is 78.7 Å². The molecular formula is C9H17N3O. The second-order valence-electron chi connectivity index (χ2n) is 3.08. The van der Waals surface area contributed by atoms with Crippen LogP contribution in [-0.4, -0.2) is 29.3 Å². The van der Waals surface area contributed by atoms with Crippen LogP contribution < -0.4 is 5.73 Å². The van der Waals surface area contributed by atoms with Crippen molar-refractivity contribution in [3.8, 4) is 0 Å². The van der Waals surface area contributed by atoms with E-state index in [2.05, 4.69) is 9.55 Å². The van der Waals surface area contributed by atoms with Crippen molar-refractivity contribution in [3.05, 3.63) is 18.2 Å².